The van der Waals surface area contributed by atoms with Crippen molar-refractivity contribution >= 4 is 39.9 Å². The number of carbonyl (C=O) groups is 2. The zero-order chi connectivity index (χ0) is 18.8. The van der Waals surface area contributed by atoms with E-state index < -0.39 is 0 Å². The Morgan fingerprint density at radius 3 is 2.44 bits per heavy atom. The zero-order valence-electron chi connectivity index (χ0n) is 14.7. The summed E-state index contributed by atoms with van der Waals surface area (Å²) in [5, 5.41) is 8.67. The maximum Gasteiger partial charge on any atom is 0.251 e. The van der Waals surface area contributed by atoms with Crippen molar-refractivity contribution in [3.63, 3.8) is 0 Å². The Balaban J connectivity index is 1.37. The molecule has 27 heavy (non-hydrogen) atoms. The van der Waals surface area contributed by atoms with Crippen molar-refractivity contribution in [3.8, 4) is 0 Å². The van der Waals surface area contributed by atoms with Crippen LogP contribution in [0.15, 0.2) is 54.6 Å². The van der Waals surface area contributed by atoms with Crippen molar-refractivity contribution in [2.45, 2.75) is 19.3 Å². The smallest absolute Gasteiger partial charge is 0.251 e. The topological polar surface area (TPSA) is 58.2 Å². The van der Waals surface area contributed by atoms with Crippen LogP contribution in [-0.2, 0) is 17.6 Å². The minimum absolute atomic E-state index is 0.120. The van der Waals surface area contributed by atoms with E-state index in [1.165, 1.54) is 16.5 Å². The van der Waals surface area contributed by atoms with Gasteiger partial charge in [0.25, 0.3) is 5.91 Å². The molecule has 0 spiro atoms. The summed E-state index contributed by atoms with van der Waals surface area (Å²) in [6.07, 6.45) is 2.32. The first-order chi connectivity index (χ1) is 13.1. The van der Waals surface area contributed by atoms with Crippen molar-refractivity contribution in [3.05, 3.63) is 76.3 Å². The lowest BCUT2D eigenvalue weighted by molar-refractivity contribution is -0.116. The summed E-state index contributed by atoms with van der Waals surface area (Å²) in [6.45, 7) is 0.272. The van der Waals surface area contributed by atoms with Gasteiger partial charge in [-0.1, -0.05) is 35.9 Å². The molecule has 4 rings (SSSR count). The Bertz CT molecular complexity index is 1020. The first-order valence-corrected chi connectivity index (χ1v) is 9.37. The predicted octanol–water partition coefficient (Wildman–Crippen LogP) is 4.35. The van der Waals surface area contributed by atoms with Gasteiger partial charge in [-0.05, 0) is 59.7 Å². The number of hydrogen-bond acceptors (Lipinski definition) is 2. The second-order valence-electron chi connectivity index (χ2n) is 6.67. The van der Waals surface area contributed by atoms with Crippen molar-refractivity contribution in [1.29, 1.82) is 0 Å². The van der Waals surface area contributed by atoms with Crippen LogP contribution in [-0.4, -0.2) is 18.4 Å². The SMILES string of the molecule is O=C(CCNC(=O)c1ccc(Cl)cc1)Nc1ccc2c3c(cccc13)CC2. The van der Waals surface area contributed by atoms with Gasteiger partial charge in [0.1, 0.15) is 0 Å². The van der Waals surface area contributed by atoms with Crippen LogP contribution in [0.25, 0.3) is 10.8 Å². The molecule has 2 N–H and O–H groups in total. The average Bonchev–Trinajstić information content (AvgIpc) is 3.09. The van der Waals surface area contributed by atoms with Crippen molar-refractivity contribution < 1.29 is 9.59 Å². The molecule has 0 saturated carbocycles. The molecule has 0 radical (unpaired) electrons. The molecule has 0 saturated heterocycles. The largest absolute Gasteiger partial charge is 0.352 e. The maximum atomic E-state index is 12.3. The van der Waals surface area contributed by atoms with E-state index in [1.807, 2.05) is 18.2 Å². The number of nitrogens with one attached hydrogen (secondary N) is 2. The van der Waals surface area contributed by atoms with E-state index in [9.17, 15) is 9.59 Å². The second-order valence-corrected chi connectivity index (χ2v) is 7.11. The predicted molar refractivity (Wildman–Crippen MR) is 108 cm³/mol. The van der Waals surface area contributed by atoms with Crippen LogP contribution in [0.2, 0.25) is 5.02 Å². The van der Waals surface area contributed by atoms with Gasteiger partial charge in [0.2, 0.25) is 5.91 Å². The molecule has 1 aliphatic rings. The number of carbonyl (C=O) groups excluding carboxylic acids is 2. The van der Waals surface area contributed by atoms with Crippen molar-refractivity contribution in [1.82, 2.24) is 5.32 Å². The molecule has 0 aromatic heterocycles. The van der Waals surface area contributed by atoms with Gasteiger partial charge in [-0.2, -0.15) is 0 Å². The Hall–Kier alpha value is -2.85. The van der Waals surface area contributed by atoms with Gasteiger partial charge < -0.3 is 10.6 Å². The molecule has 0 unspecified atom stereocenters. The minimum Gasteiger partial charge on any atom is -0.352 e. The highest BCUT2D eigenvalue weighted by atomic mass is 35.5. The summed E-state index contributed by atoms with van der Waals surface area (Å²) in [4.78, 5) is 24.4. The highest BCUT2D eigenvalue weighted by molar-refractivity contribution is 6.30. The summed E-state index contributed by atoms with van der Waals surface area (Å²) in [5.41, 5.74) is 4.03. The highest BCUT2D eigenvalue weighted by Gasteiger charge is 2.16. The molecule has 5 heteroatoms. The lowest BCUT2D eigenvalue weighted by Gasteiger charge is -2.11. The molecule has 0 bridgehead atoms. The summed E-state index contributed by atoms with van der Waals surface area (Å²) < 4.78 is 0. The Morgan fingerprint density at radius 2 is 1.67 bits per heavy atom. The maximum absolute atomic E-state index is 12.3. The molecule has 0 atom stereocenters. The number of halogens is 1. The number of amides is 2. The van der Waals surface area contributed by atoms with Crippen LogP contribution >= 0.6 is 11.6 Å². The van der Waals surface area contributed by atoms with Gasteiger partial charge in [0, 0.05) is 34.6 Å². The van der Waals surface area contributed by atoms with Crippen LogP contribution in [0.4, 0.5) is 5.69 Å². The van der Waals surface area contributed by atoms with Crippen molar-refractivity contribution in [2.75, 3.05) is 11.9 Å². The van der Waals surface area contributed by atoms with Crippen LogP contribution in [0.3, 0.4) is 0 Å². The van der Waals surface area contributed by atoms with Crippen molar-refractivity contribution in [2.24, 2.45) is 0 Å². The quantitative estimate of drug-likeness (QED) is 0.693. The van der Waals surface area contributed by atoms with Gasteiger partial charge in [-0.3, -0.25) is 9.59 Å². The van der Waals surface area contributed by atoms with Gasteiger partial charge in [0.05, 0.1) is 0 Å². The summed E-state index contributed by atoms with van der Waals surface area (Å²) >= 11 is 5.82. The van der Waals surface area contributed by atoms with E-state index in [0.29, 0.717) is 10.6 Å². The standard InChI is InChI=1S/C22H19ClN2O2/c23-17-9-6-16(7-10-17)22(27)24-13-12-20(26)25-19-11-8-15-5-4-14-2-1-3-18(19)21(14)15/h1-3,6-11H,4-5,12-13H2,(H,24,27)(H,25,26). The van der Waals surface area contributed by atoms with Gasteiger partial charge in [-0.15, -0.1) is 0 Å². The fourth-order valence-electron chi connectivity index (χ4n) is 3.56. The molecule has 0 fully saturated rings. The molecule has 3 aromatic rings. The second kappa shape index (κ2) is 7.41. The lowest BCUT2D eigenvalue weighted by Crippen LogP contribution is -2.27. The molecular weight excluding hydrogens is 360 g/mol. The van der Waals surface area contributed by atoms with E-state index in [-0.39, 0.29) is 24.8 Å². The Morgan fingerprint density at radius 1 is 0.926 bits per heavy atom. The van der Waals surface area contributed by atoms with Crippen LogP contribution in [0.5, 0.6) is 0 Å². The zero-order valence-corrected chi connectivity index (χ0v) is 15.5. The molecule has 2 amide bonds. The normalized spacial score (nSPS) is 12.2. The van der Waals surface area contributed by atoms with Crippen LogP contribution in [0.1, 0.15) is 27.9 Å². The lowest BCUT2D eigenvalue weighted by atomic mass is 10.0. The highest BCUT2D eigenvalue weighted by Crippen LogP contribution is 2.34. The van der Waals surface area contributed by atoms with Gasteiger partial charge >= 0.3 is 0 Å². The van der Waals surface area contributed by atoms with E-state index in [4.69, 9.17) is 11.6 Å². The number of rotatable bonds is 5. The van der Waals surface area contributed by atoms with Crippen LogP contribution < -0.4 is 10.6 Å². The number of benzene rings is 3. The third-order valence-electron chi connectivity index (χ3n) is 4.90. The monoisotopic (exact) mass is 378 g/mol. The fourth-order valence-corrected chi connectivity index (χ4v) is 3.69. The fraction of sp³-hybridized carbons (Fsp3) is 0.182. The summed E-state index contributed by atoms with van der Waals surface area (Å²) in [7, 11) is 0. The Labute approximate surface area is 162 Å². The van der Waals surface area contributed by atoms with E-state index >= 15 is 0 Å². The van der Waals surface area contributed by atoms with E-state index in [1.54, 1.807) is 24.3 Å². The molecular formula is C22H19ClN2O2. The third-order valence-corrected chi connectivity index (χ3v) is 5.15. The molecule has 0 heterocycles. The molecule has 1 aliphatic carbocycles. The molecule has 3 aromatic carbocycles. The number of anilines is 1. The Kier molecular flexibility index (Phi) is 4.82. The van der Waals surface area contributed by atoms with Gasteiger partial charge in [-0.25, -0.2) is 0 Å². The van der Waals surface area contributed by atoms with Crippen LogP contribution in [0, 0.1) is 0 Å². The average molecular weight is 379 g/mol. The first kappa shape index (κ1) is 17.6. The molecule has 0 aliphatic heterocycles. The summed E-state index contributed by atoms with van der Waals surface area (Å²) in [5.74, 6) is -0.338. The molecule has 136 valence electrons. The summed E-state index contributed by atoms with van der Waals surface area (Å²) in [6, 6.07) is 16.9. The number of aryl methyl sites for hydroxylation is 2. The molecule has 4 nitrogen and oxygen atoms in total. The first-order valence-electron chi connectivity index (χ1n) is 8.99. The van der Waals surface area contributed by atoms with E-state index in [2.05, 4.69) is 22.8 Å². The van der Waals surface area contributed by atoms with E-state index in [0.717, 1.165) is 23.9 Å². The number of hydrogen-bond donors (Lipinski definition) is 2. The third kappa shape index (κ3) is 3.67. The van der Waals surface area contributed by atoms with Gasteiger partial charge in [0.15, 0.2) is 0 Å². The minimum atomic E-state index is -0.218.